The second-order valence-corrected chi connectivity index (χ2v) is 4.99. The normalized spacial score (nSPS) is 22.4. The second kappa shape index (κ2) is 5.14. The summed E-state index contributed by atoms with van der Waals surface area (Å²) in [6.45, 7) is 3.42. The molecule has 1 amide bonds. The summed E-state index contributed by atoms with van der Waals surface area (Å²) < 4.78 is 39.4. The van der Waals surface area contributed by atoms with Crippen LogP contribution in [0, 0.1) is 6.92 Å². The first-order valence-corrected chi connectivity index (χ1v) is 6.45. The number of hydrogen-bond donors (Lipinski definition) is 1. The predicted molar refractivity (Wildman–Crippen MR) is 70.7 cm³/mol. The summed E-state index contributed by atoms with van der Waals surface area (Å²) in [7, 11) is 0. The van der Waals surface area contributed by atoms with E-state index in [-0.39, 0.29) is 22.7 Å². The van der Waals surface area contributed by atoms with Gasteiger partial charge in [-0.3, -0.25) is 4.79 Å². The third kappa shape index (κ3) is 2.65. The van der Waals surface area contributed by atoms with Gasteiger partial charge >= 0.3 is 6.18 Å². The Morgan fingerprint density at radius 2 is 1.95 bits per heavy atom. The number of amides is 1. The molecule has 1 unspecified atom stereocenters. The summed E-state index contributed by atoms with van der Waals surface area (Å²) in [6.07, 6.45) is -5.46. The molecule has 1 aliphatic heterocycles. The fraction of sp³-hybridized carbons (Fsp3) is 0.429. The molecule has 0 saturated heterocycles. The van der Waals surface area contributed by atoms with Crippen LogP contribution in [0.1, 0.15) is 35.7 Å². The molecule has 0 saturated carbocycles. The van der Waals surface area contributed by atoms with Crippen LogP contribution in [0.25, 0.3) is 0 Å². The molecule has 1 aliphatic rings. The summed E-state index contributed by atoms with van der Waals surface area (Å²) in [6, 6.07) is 6.04. The molecule has 1 aromatic rings. The van der Waals surface area contributed by atoms with E-state index in [1.54, 1.807) is 26.0 Å². The minimum atomic E-state index is -4.98. The number of hydrazone groups is 1. The van der Waals surface area contributed by atoms with Crippen LogP contribution in [-0.2, 0) is 0 Å². The van der Waals surface area contributed by atoms with Gasteiger partial charge in [0.2, 0.25) is 0 Å². The number of aryl methyl sites for hydroxylation is 1. The molecular formula is C14H15F3N2O2. The van der Waals surface area contributed by atoms with E-state index in [4.69, 9.17) is 0 Å². The molecule has 2 rings (SSSR count). The Bertz CT molecular complexity index is 581. The monoisotopic (exact) mass is 300 g/mol. The van der Waals surface area contributed by atoms with Crippen LogP contribution >= 0.6 is 0 Å². The van der Waals surface area contributed by atoms with E-state index < -0.39 is 24.2 Å². The van der Waals surface area contributed by atoms with Crippen LogP contribution in [0.15, 0.2) is 29.4 Å². The number of rotatable bonds is 2. The third-order valence-electron chi connectivity index (χ3n) is 3.40. The highest BCUT2D eigenvalue weighted by Crippen LogP contribution is 2.41. The van der Waals surface area contributed by atoms with Crippen molar-refractivity contribution in [2.45, 2.75) is 38.6 Å². The zero-order valence-electron chi connectivity index (χ0n) is 11.6. The molecule has 114 valence electrons. The minimum Gasteiger partial charge on any atom is -0.362 e. The SMILES string of the molecule is CCC1=NN(C(=O)c2ccc(C)cc2)C(O)(C(F)(F)F)C1. The van der Waals surface area contributed by atoms with E-state index in [9.17, 15) is 23.1 Å². The van der Waals surface area contributed by atoms with E-state index >= 15 is 0 Å². The first-order chi connectivity index (χ1) is 9.69. The number of alkyl halides is 3. The zero-order valence-corrected chi connectivity index (χ0v) is 11.6. The Morgan fingerprint density at radius 3 is 2.43 bits per heavy atom. The standard InChI is InChI=1S/C14H15F3N2O2/c1-3-11-8-13(21,14(15,16)17)19(18-11)12(20)10-6-4-9(2)5-7-10/h4-7,21H,3,8H2,1-2H3. The van der Waals surface area contributed by atoms with Crippen LogP contribution in [0.5, 0.6) is 0 Å². The lowest BCUT2D eigenvalue weighted by molar-refractivity contribution is -0.297. The molecular weight excluding hydrogens is 285 g/mol. The molecule has 1 heterocycles. The maximum absolute atomic E-state index is 13.1. The smallest absolute Gasteiger partial charge is 0.362 e. The van der Waals surface area contributed by atoms with Crippen molar-refractivity contribution < 1.29 is 23.1 Å². The number of halogens is 3. The predicted octanol–water partition coefficient (Wildman–Crippen LogP) is 2.86. The van der Waals surface area contributed by atoms with E-state index in [1.165, 1.54) is 12.1 Å². The van der Waals surface area contributed by atoms with Gasteiger partial charge in [0.25, 0.3) is 11.6 Å². The van der Waals surface area contributed by atoms with Crippen molar-refractivity contribution in [1.29, 1.82) is 0 Å². The summed E-state index contributed by atoms with van der Waals surface area (Å²) in [5.74, 6) is -0.974. The number of hydrogen-bond acceptors (Lipinski definition) is 3. The van der Waals surface area contributed by atoms with Crippen LogP contribution < -0.4 is 0 Å². The molecule has 1 N–H and O–H groups in total. The fourth-order valence-corrected chi connectivity index (χ4v) is 2.07. The van der Waals surface area contributed by atoms with Crippen LogP contribution in [0.2, 0.25) is 0 Å². The molecule has 0 fully saturated rings. The Hall–Kier alpha value is -1.89. The van der Waals surface area contributed by atoms with E-state index in [0.29, 0.717) is 0 Å². The van der Waals surface area contributed by atoms with Crippen LogP contribution in [0.3, 0.4) is 0 Å². The van der Waals surface area contributed by atoms with Gasteiger partial charge in [-0.1, -0.05) is 24.6 Å². The van der Waals surface area contributed by atoms with Crippen molar-refractivity contribution in [3.05, 3.63) is 35.4 Å². The van der Waals surface area contributed by atoms with E-state index in [2.05, 4.69) is 5.10 Å². The number of aliphatic hydroxyl groups is 1. The summed E-state index contributed by atoms with van der Waals surface area (Å²) in [5.41, 5.74) is -2.23. The molecule has 0 aromatic heterocycles. The van der Waals surface area contributed by atoms with Crippen LogP contribution in [0.4, 0.5) is 13.2 Å². The maximum Gasteiger partial charge on any atom is 0.438 e. The highest BCUT2D eigenvalue weighted by atomic mass is 19.4. The number of nitrogens with zero attached hydrogens (tertiary/aromatic N) is 2. The average molecular weight is 300 g/mol. The zero-order chi connectivity index (χ0) is 15.8. The lowest BCUT2D eigenvalue weighted by Crippen LogP contribution is -2.56. The van der Waals surface area contributed by atoms with Crippen molar-refractivity contribution in [2.75, 3.05) is 0 Å². The summed E-state index contributed by atoms with van der Waals surface area (Å²) in [5, 5.41) is 13.7. The highest BCUT2D eigenvalue weighted by molar-refractivity contribution is 5.98. The molecule has 1 aromatic carbocycles. The largest absolute Gasteiger partial charge is 0.438 e. The number of benzene rings is 1. The number of carbonyl (C=O) groups excluding carboxylic acids is 1. The fourth-order valence-electron chi connectivity index (χ4n) is 2.07. The van der Waals surface area contributed by atoms with Gasteiger partial charge in [-0.2, -0.15) is 23.3 Å². The molecule has 0 aliphatic carbocycles. The first kappa shape index (κ1) is 15.5. The quantitative estimate of drug-likeness (QED) is 0.913. The molecule has 21 heavy (non-hydrogen) atoms. The van der Waals surface area contributed by atoms with Gasteiger partial charge in [0.05, 0.1) is 0 Å². The van der Waals surface area contributed by atoms with Gasteiger partial charge in [-0.25, -0.2) is 0 Å². The van der Waals surface area contributed by atoms with Crippen molar-refractivity contribution in [3.63, 3.8) is 0 Å². The van der Waals surface area contributed by atoms with Crippen LogP contribution in [-0.4, -0.2) is 33.6 Å². The molecule has 0 spiro atoms. The molecule has 0 bridgehead atoms. The topological polar surface area (TPSA) is 52.9 Å². The van der Waals surface area contributed by atoms with Gasteiger partial charge in [-0.05, 0) is 25.5 Å². The van der Waals surface area contributed by atoms with Crippen molar-refractivity contribution in [1.82, 2.24) is 5.01 Å². The van der Waals surface area contributed by atoms with Gasteiger partial charge < -0.3 is 5.11 Å². The Kier molecular flexibility index (Phi) is 3.79. The minimum absolute atomic E-state index is 0.0457. The van der Waals surface area contributed by atoms with Crippen molar-refractivity contribution in [3.8, 4) is 0 Å². The van der Waals surface area contributed by atoms with E-state index in [0.717, 1.165) is 5.56 Å². The molecule has 1 atom stereocenters. The molecule has 0 radical (unpaired) electrons. The van der Waals surface area contributed by atoms with Gasteiger partial charge in [0.15, 0.2) is 0 Å². The molecule has 4 nitrogen and oxygen atoms in total. The Morgan fingerprint density at radius 1 is 1.38 bits per heavy atom. The lowest BCUT2D eigenvalue weighted by Gasteiger charge is -2.32. The summed E-state index contributed by atoms with van der Waals surface area (Å²) in [4.78, 5) is 12.2. The second-order valence-electron chi connectivity index (χ2n) is 4.99. The van der Waals surface area contributed by atoms with Gasteiger partial charge in [0.1, 0.15) is 0 Å². The Labute approximate surface area is 119 Å². The number of carbonyl (C=O) groups is 1. The van der Waals surface area contributed by atoms with E-state index in [1.807, 2.05) is 0 Å². The van der Waals surface area contributed by atoms with Crippen molar-refractivity contribution >= 4 is 11.6 Å². The first-order valence-electron chi connectivity index (χ1n) is 6.45. The van der Waals surface area contributed by atoms with Gasteiger partial charge in [0, 0.05) is 17.7 Å². The Balaban J connectivity index is 2.40. The molecule has 7 heteroatoms. The average Bonchev–Trinajstić information content (AvgIpc) is 2.77. The van der Waals surface area contributed by atoms with Crippen molar-refractivity contribution in [2.24, 2.45) is 5.10 Å². The highest BCUT2D eigenvalue weighted by Gasteiger charge is 2.63. The lowest BCUT2D eigenvalue weighted by atomic mass is 10.0. The third-order valence-corrected chi connectivity index (χ3v) is 3.40. The maximum atomic E-state index is 13.1. The summed E-state index contributed by atoms with van der Waals surface area (Å²) >= 11 is 0. The van der Waals surface area contributed by atoms with Gasteiger partial charge in [-0.15, -0.1) is 0 Å².